The number of aliphatic hydroxyl groups is 1. The molecule has 0 saturated heterocycles. The van der Waals surface area contributed by atoms with Crippen molar-refractivity contribution in [3.05, 3.63) is 78.0 Å². The second kappa shape index (κ2) is 12.1. The van der Waals surface area contributed by atoms with Gasteiger partial charge in [0.25, 0.3) is 10.0 Å². The quantitative estimate of drug-likeness (QED) is 0.213. The van der Waals surface area contributed by atoms with Crippen LogP contribution in [0.15, 0.2) is 74.8 Å². The van der Waals surface area contributed by atoms with Crippen LogP contribution < -0.4 is 28.0 Å². The first kappa shape index (κ1) is 29.5. The van der Waals surface area contributed by atoms with E-state index in [2.05, 4.69) is 10.1 Å². The Morgan fingerprint density at radius 3 is 2.19 bits per heavy atom. The number of fused-ring (bicyclic) bond motifs is 1. The summed E-state index contributed by atoms with van der Waals surface area (Å²) in [7, 11) is 2.63. The normalized spacial score (nSPS) is 12.1. The minimum Gasteiger partial charge on any atom is -0.497 e. The Kier molecular flexibility index (Phi) is 8.32. The Morgan fingerprint density at radius 2 is 1.58 bits per heavy atom. The average Bonchev–Trinajstić information content (AvgIpc) is 3.73. The van der Waals surface area contributed by atoms with Gasteiger partial charge in [-0.2, -0.15) is 0 Å². The molecule has 0 aliphatic heterocycles. The molecular weight excluding hydrogens is 582 g/mol. The van der Waals surface area contributed by atoms with Crippen LogP contribution in [0.25, 0.3) is 11.0 Å². The van der Waals surface area contributed by atoms with Crippen LogP contribution in [-0.4, -0.2) is 59.2 Å². The molecule has 5 aromatic rings. The molecule has 2 heterocycles. The van der Waals surface area contributed by atoms with E-state index in [0.717, 1.165) is 4.31 Å². The summed E-state index contributed by atoms with van der Waals surface area (Å²) in [6.07, 6.45) is 1.50. The highest BCUT2D eigenvalue weighted by atomic mass is 32.2. The van der Waals surface area contributed by atoms with Gasteiger partial charge in [-0.15, -0.1) is 0 Å². The summed E-state index contributed by atoms with van der Waals surface area (Å²) in [5.74, 6) is 1.16. The third-order valence-corrected chi connectivity index (χ3v) is 8.54. The van der Waals surface area contributed by atoms with Crippen LogP contribution in [0.5, 0.6) is 28.7 Å². The van der Waals surface area contributed by atoms with Gasteiger partial charge in [0.05, 0.1) is 48.3 Å². The second-order valence-electron chi connectivity index (χ2n) is 9.06. The third kappa shape index (κ3) is 5.37. The van der Waals surface area contributed by atoms with E-state index in [1.54, 1.807) is 24.3 Å². The molecular formula is C29H29N3O10S. The van der Waals surface area contributed by atoms with Gasteiger partial charge in [-0.1, -0.05) is 11.2 Å². The molecule has 0 radical (unpaired) electrons. The molecule has 0 unspecified atom stereocenters. The number of aromatic nitrogens is 2. The molecule has 5 rings (SSSR count). The van der Waals surface area contributed by atoms with Gasteiger partial charge in [-0.05, 0) is 42.0 Å². The van der Waals surface area contributed by atoms with Crippen LogP contribution in [0.4, 0.5) is 5.82 Å². The molecule has 0 aliphatic rings. The first-order chi connectivity index (χ1) is 20.8. The molecule has 1 atom stereocenters. The molecule has 0 aliphatic carbocycles. The summed E-state index contributed by atoms with van der Waals surface area (Å²) >= 11 is 0. The van der Waals surface area contributed by atoms with Gasteiger partial charge < -0.3 is 37.7 Å². The van der Waals surface area contributed by atoms with Gasteiger partial charge in [0.2, 0.25) is 5.89 Å². The van der Waals surface area contributed by atoms with Crippen molar-refractivity contribution < 1.29 is 46.1 Å². The maximum atomic E-state index is 14.6. The largest absolute Gasteiger partial charge is 0.497 e. The Labute approximate surface area is 247 Å². The van der Waals surface area contributed by atoms with E-state index in [-0.39, 0.29) is 51.4 Å². The number of sulfonamides is 1. The summed E-state index contributed by atoms with van der Waals surface area (Å²) in [4.78, 5) is 3.78. The Hall–Kier alpha value is -4.95. The molecule has 0 spiro atoms. The lowest BCUT2D eigenvalue weighted by atomic mass is 10.1. The van der Waals surface area contributed by atoms with Crippen LogP contribution in [-0.2, 0) is 16.6 Å². The van der Waals surface area contributed by atoms with Crippen molar-refractivity contribution >= 4 is 26.8 Å². The number of methoxy groups -OCH3 is 5. The molecule has 2 aromatic heterocycles. The number of hydrogen-bond donors (Lipinski definition) is 1. The summed E-state index contributed by atoms with van der Waals surface area (Å²) in [6, 6.07) is 12.7. The Morgan fingerprint density at radius 1 is 0.884 bits per heavy atom. The highest BCUT2D eigenvalue weighted by Gasteiger charge is 2.36. The zero-order valence-electron chi connectivity index (χ0n) is 23.9. The Balaban J connectivity index is 1.74. The number of oxazole rings is 1. The number of aliphatic hydroxyl groups excluding tert-OH is 1. The number of nitrogens with zero attached hydrogens (tertiary/aromatic N) is 3. The fraction of sp³-hybridized carbons (Fsp3) is 0.241. The van der Waals surface area contributed by atoms with Gasteiger partial charge in [0.1, 0.15) is 40.4 Å². The first-order valence-electron chi connectivity index (χ1n) is 12.8. The summed E-state index contributed by atoms with van der Waals surface area (Å²) in [5, 5.41) is 15.2. The highest BCUT2D eigenvalue weighted by molar-refractivity contribution is 7.93. The lowest BCUT2D eigenvalue weighted by molar-refractivity contribution is 0.182. The van der Waals surface area contributed by atoms with Gasteiger partial charge in [0, 0.05) is 11.6 Å². The maximum Gasteiger partial charge on any atom is 0.273 e. The van der Waals surface area contributed by atoms with Gasteiger partial charge in [-0.3, -0.25) is 0 Å². The second-order valence-corrected chi connectivity index (χ2v) is 10.9. The van der Waals surface area contributed by atoms with E-state index in [0.29, 0.717) is 22.6 Å². The van der Waals surface area contributed by atoms with Crippen LogP contribution in [0.3, 0.4) is 0 Å². The van der Waals surface area contributed by atoms with E-state index < -0.39 is 16.1 Å². The monoisotopic (exact) mass is 611 g/mol. The van der Waals surface area contributed by atoms with Crippen molar-refractivity contribution in [3.8, 4) is 28.7 Å². The number of benzene rings is 3. The van der Waals surface area contributed by atoms with Crippen molar-refractivity contribution in [2.24, 2.45) is 0 Å². The van der Waals surface area contributed by atoms with Gasteiger partial charge in [0.15, 0.2) is 22.4 Å². The summed E-state index contributed by atoms with van der Waals surface area (Å²) in [5.41, 5.74) is 0.961. The van der Waals surface area contributed by atoms with Crippen molar-refractivity contribution in [1.82, 2.24) is 10.1 Å². The van der Waals surface area contributed by atoms with E-state index in [1.165, 1.54) is 72.3 Å². The van der Waals surface area contributed by atoms with E-state index in [4.69, 9.17) is 32.6 Å². The van der Waals surface area contributed by atoms with Gasteiger partial charge in [-0.25, -0.2) is 17.7 Å². The lowest BCUT2D eigenvalue weighted by Gasteiger charge is -2.25. The minimum atomic E-state index is -4.48. The van der Waals surface area contributed by atoms with Crippen molar-refractivity contribution in [2.75, 3.05) is 39.9 Å². The number of rotatable bonds is 12. The number of hydrogen-bond acceptors (Lipinski definition) is 12. The number of ether oxygens (including phenoxy) is 5. The smallest absolute Gasteiger partial charge is 0.273 e. The minimum absolute atomic E-state index is 0.0558. The van der Waals surface area contributed by atoms with E-state index >= 15 is 0 Å². The number of anilines is 1. The molecule has 43 heavy (non-hydrogen) atoms. The Bertz CT molecular complexity index is 1810. The SMILES string of the molecule is COc1ccc(CN(c2noc3cc([C@@H](O)c4ncco4)cc(OC)c23)S(=O)(=O)c2c(OC)cccc2OC)c(OC)c1. The van der Waals surface area contributed by atoms with Crippen molar-refractivity contribution in [3.63, 3.8) is 0 Å². The van der Waals surface area contributed by atoms with Crippen LogP contribution in [0.2, 0.25) is 0 Å². The molecule has 0 fully saturated rings. The fourth-order valence-corrected chi connectivity index (χ4v) is 6.33. The third-order valence-electron chi connectivity index (χ3n) is 6.74. The topological polar surface area (TPSA) is 156 Å². The predicted molar refractivity (Wildman–Crippen MR) is 154 cm³/mol. The van der Waals surface area contributed by atoms with Gasteiger partial charge >= 0.3 is 0 Å². The molecule has 226 valence electrons. The molecule has 1 N–H and O–H groups in total. The molecule has 13 nitrogen and oxygen atoms in total. The molecule has 0 saturated carbocycles. The van der Waals surface area contributed by atoms with Crippen LogP contribution in [0.1, 0.15) is 23.1 Å². The maximum absolute atomic E-state index is 14.6. The first-order valence-corrected chi connectivity index (χ1v) is 14.2. The average molecular weight is 612 g/mol. The zero-order valence-corrected chi connectivity index (χ0v) is 24.7. The molecule has 0 amide bonds. The van der Waals surface area contributed by atoms with Crippen molar-refractivity contribution in [1.29, 1.82) is 0 Å². The molecule has 14 heteroatoms. The fourth-order valence-electron chi connectivity index (χ4n) is 4.63. The van der Waals surface area contributed by atoms with E-state index in [1.807, 2.05) is 0 Å². The zero-order chi connectivity index (χ0) is 30.7. The summed E-state index contributed by atoms with van der Waals surface area (Å²) < 4.78 is 68.5. The van der Waals surface area contributed by atoms with Crippen LogP contribution in [0, 0.1) is 0 Å². The molecule has 0 bridgehead atoms. The van der Waals surface area contributed by atoms with Crippen LogP contribution >= 0.6 is 0 Å². The van der Waals surface area contributed by atoms with E-state index in [9.17, 15) is 13.5 Å². The molecule has 3 aromatic carbocycles. The van der Waals surface area contributed by atoms with Crippen molar-refractivity contribution in [2.45, 2.75) is 17.5 Å². The predicted octanol–water partition coefficient (Wildman–Crippen LogP) is 4.34. The highest BCUT2D eigenvalue weighted by Crippen LogP contribution is 2.43. The summed E-state index contributed by atoms with van der Waals surface area (Å²) in [6.45, 7) is -0.248. The standard InChI is InChI=1S/C29H29N3O10S/c1-36-19-10-9-17(22(15-19)39-4)16-32(43(34,35)27-20(37-2)7-6-8-21(27)38-3)28-25-23(40-5)13-18(14-24(25)42-31-28)26(33)29-30-11-12-41-29/h6-15,26,33H,16H2,1-5H3/t26-/m1/s1. The lowest BCUT2D eigenvalue weighted by Crippen LogP contribution is -2.32.